The van der Waals surface area contributed by atoms with Gasteiger partial charge in [-0.2, -0.15) is 0 Å². The summed E-state index contributed by atoms with van der Waals surface area (Å²) in [5.74, 6) is -1.61. The third kappa shape index (κ3) is 4.17. The van der Waals surface area contributed by atoms with Gasteiger partial charge in [-0.1, -0.05) is 0 Å². The summed E-state index contributed by atoms with van der Waals surface area (Å²) in [6.07, 6.45) is -0.977. The van der Waals surface area contributed by atoms with Crippen LogP contribution in [0.3, 0.4) is 0 Å². The van der Waals surface area contributed by atoms with Crippen LogP contribution in [0.25, 0.3) is 0 Å². The van der Waals surface area contributed by atoms with E-state index in [0.717, 1.165) is 5.01 Å². The Kier molecular flexibility index (Phi) is 5.30. The normalized spacial score (nSPS) is 11.6. The zero-order chi connectivity index (χ0) is 17.9. The van der Waals surface area contributed by atoms with Crippen LogP contribution >= 0.6 is 11.3 Å². The van der Waals surface area contributed by atoms with Crippen molar-refractivity contribution in [2.24, 2.45) is 5.73 Å². The monoisotopic (exact) mass is 347 g/mol. The van der Waals surface area contributed by atoms with Crippen molar-refractivity contribution < 1.29 is 19.1 Å². The molecule has 1 atom stereocenters. The molecule has 0 aliphatic heterocycles. The Morgan fingerprint density at radius 1 is 1.21 bits per heavy atom. The molecule has 7 nitrogen and oxygen atoms in total. The minimum atomic E-state index is -0.977. The number of carbonyl (C=O) groups is 3. The van der Waals surface area contributed by atoms with E-state index in [9.17, 15) is 14.4 Å². The minimum Gasteiger partial charge on any atom is -0.448 e. The lowest BCUT2D eigenvalue weighted by Gasteiger charge is -2.13. The van der Waals surface area contributed by atoms with Crippen LogP contribution < -0.4 is 11.1 Å². The minimum absolute atomic E-state index is 0.337. The van der Waals surface area contributed by atoms with Crippen molar-refractivity contribution >= 4 is 34.8 Å². The Balaban J connectivity index is 1.98. The molecule has 0 fully saturated rings. The van der Waals surface area contributed by atoms with Crippen molar-refractivity contribution in [1.82, 2.24) is 4.98 Å². The van der Waals surface area contributed by atoms with E-state index in [1.807, 2.05) is 0 Å². The quantitative estimate of drug-likeness (QED) is 0.804. The number of aromatic nitrogens is 1. The van der Waals surface area contributed by atoms with Gasteiger partial charge in [0.05, 0.1) is 10.7 Å². The van der Waals surface area contributed by atoms with Crippen molar-refractivity contribution in [3.63, 3.8) is 0 Å². The van der Waals surface area contributed by atoms with Gasteiger partial charge in [0.25, 0.3) is 5.91 Å². The summed E-state index contributed by atoms with van der Waals surface area (Å²) in [5, 5.41) is 3.36. The highest BCUT2D eigenvalue weighted by Crippen LogP contribution is 2.19. The van der Waals surface area contributed by atoms with Crippen LogP contribution in [0.5, 0.6) is 0 Å². The maximum Gasteiger partial charge on any atom is 0.351 e. The number of nitrogens with one attached hydrogen (secondary N) is 1. The van der Waals surface area contributed by atoms with Gasteiger partial charge < -0.3 is 15.8 Å². The average molecular weight is 347 g/mol. The fourth-order valence-electron chi connectivity index (χ4n) is 1.95. The van der Waals surface area contributed by atoms with E-state index in [0.29, 0.717) is 21.8 Å². The van der Waals surface area contributed by atoms with Gasteiger partial charge in [-0.25, -0.2) is 9.78 Å². The molecule has 0 saturated carbocycles. The number of aryl methyl sites for hydroxylation is 2. The predicted octanol–water partition coefficient (Wildman–Crippen LogP) is 2.04. The summed E-state index contributed by atoms with van der Waals surface area (Å²) >= 11 is 1.22. The molecule has 126 valence electrons. The standard InChI is InChI=1S/C16H17N3O4S/c1-8-13(24-10(3)18-8)16(22)23-9(2)15(21)19-12-6-4-11(5-7-12)14(17)20/h4-7,9H,1-3H3,(H2,17,20)(H,19,21)/t9-/m1/s1. The third-order valence-corrected chi connectivity index (χ3v) is 4.23. The summed E-state index contributed by atoms with van der Waals surface area (Å²) in [6.45, 7) is 4.99. The average Bonchev–Trinajstić information content (AvgIpc) is 2.86. The molecule has 24 heavy (non-hydrogen) atoms. The zero-order valence-corrected chi connectivity index (χ0v) is 14.3. The highest BCUT2D eigenvalue weighted by Gasteiger charge is 2.22. The van der Waals surface area contributed by atoms with E-state index in [-0.39, 0.29) is 0 Å². The fraction of sp³-hybridized carbons (Fsp3) is 0.250. The van der Waals surface area contributed by atoms with Crippen LogP contribution in [0.4, 0.5) is 5.69 Å². The van der Waals surface area contributed by atoms with E-state index in [1.165, 1.54) is 30.4 Å². The number of nitrogens with two attached hydrogens (primary N) is 1. The first-order valence-corrected chi connectivity index (χ1v) is 7.95. The van der Waals surface area contributed by atoms with Gasteiger partial charge in [0.1, 0.15) is 4.88 Å². The van der Waals surface area contributed by atoms with E-state index >= 15 is 0 Å². The van der Waals surface area contributed by atoms with Crippen molar-refractivity contribution in [3.05, 3.63) is 45.4 Å². The molecule has 8 heteroatoms. The second-order valence-corrected chi connectivity index (χ2v) is 6.33. The van der Waals surface area contributed by atoms with E-state index in [1.54, 1.807) is 26.0 Å². The first-order valence-electron chi connectivity index (χ1n) is 7.13. The smallest absolute Gasteiger partial charge is 0.351 e. The van der Waals surface area contributed by atoms with Crippen LogP contribution in [0, 0.1) is 13.8 Å². The largest absolute Gasteiger partial charge is 0.448 e. The number of esters is 1. The molecule has 1 aromatic carbocycles. The Morgan fingerprint density at radius 3 is 2.33 bits per heavy atom. The number of ether oxygens (including phenoxy) is 1. The van der Waals surface area contributed by atoms with Crippen molar-refractivity contribution in [2.45, 2.75) is 26.9 Å². The molecule has 1 aromatic heterocycles. The van der Waals surface area contributed by atoms with Crippen LogP contribution in [0.1, 0.15) is 37.7 Å². The lowest BCUT2D eigenvalue weighted by atomic mass is 10.2. The fourth-order valence-corrected chi connectivity index (χ4v) is 2.75. The highest BCUT2D eigenvalue weighted by molar-refractivity contribution is 7.13. The van der Waals surface area contributed by atoms with Crippen molar-refractivity contribution in [2.75, 3.05) is 5.32 Å². The van der Waals surface area contributed by atoms with Gasteiger partial charge in [-0.05, 0) is 45.0 Å². The van der Waals surface area contributed by atoms with Crippen LogP contribution in [0.2, 0.25) is 0 Å². The number of carbonyl (C=O) groups excluding carboxylic acids is 3. The maximum atomic E-state index is 12.1. The summed E-state index contributed by atoms with van der Waals surface area (Å²) in [6, 6.07) is 6.09. The topological polar surface area (TPSA) is 111 Å². The molecule has 0 spiro atoms. The number of rotatable bonds is 5. The predicted molar refractivity (Wildman–Crippen MR) is 90.1 cm³/mol. The molecule has 2 aromatic rings. The van der Waals surface area contributed by atoms with Crippen LogP contribution in [-0.2, 0) is 9.53 Å². The van der Waals surface area contributed by atoms with Crippen molar-refractivity contribution in [3.8, 4) is 0 Å². The number of anilines is 1. The Morgan fingerprint density at radius 2 is 1.83 bits per heavy atom. The third-order valence-electron chi connectivity index (χ3n) is 3.18. The lowest BCUT2D eigenvalue weighted by Crippen LogP contribution is -2.30. The number of thiazole rings is 1. The summed E-state index contributed by atoms with van der Waals surface area (Å²) in [7, 11) is 0. The van der Waals surface area contributed by atoms with Gasteiger partial charge in [-0.3, -0.25) is 9.59 Å². The number of hydrogen-bond donors (Lipinski definition) is 2. The van der Waals surface area contributed by atoms with E-state index in [2.05, 4.69) is 10.3 Å². The number of hydrogen-bond acceptors (Lipinski definition) is 6. The molecular weight excluding hydrogens is 330 g/mol. The van der Waals surface area contributed by atoms with E-state index < -0.39 is 23.9 Å². The van der Waals surface area contributed by atoms with Gasteiger partial charge >= 0.3 is 5.97 Å². The molecule has 3 N–H and O–H groups in total. The van der Waals surface area contributed by atoms with Gasteiger partial charge in [0.15, 0.2) is 6.10 Å². The van der Waals surface area contributed by atoms with Gasteiger partial charge in [0.2, 0.25) is 5.91 Å². The molecule has 0 saturated heterocycles. The second-order valence-electron chi connectivity index (χ2n) is 5.13. The SMILES string of the molecule is Cc1nc(C)c(C(=O)O[C@H](C)C(=O)Nc2ccc(C(N)=O)cc2)s1. The van der Waals surface area contributed by atoms with E-state index in [4.69, 9.17) is 10.5 Å². The first-order chi connectivity index (χ1) is 11.3. The van der Waals surface area contributed by atoms with Crippen LogP contribution in [0.15, 0.2) is 24.3 Å². The maximum absolute atomic E-state index is 12.1. The van der Waals surface area contributed by atoms with Gasteiger partial charge in [-0.15, -0.1) is 11.3 Å². The Labute approximate surface area is 142 Å². The first kappa shape index (κ1) is 17.6. The molecule has 2 amide bonds. The Hall–Kier alpha value is -2.74. The zero-order valence-electron chi connectivity index (χ0n) is 13.5. The molecular formula is C16H17N3O4S. The molecule has 0 unspecified atom stereocenters. The number of benzene rings is 1. The summed E-state index contributed by atoms with van der Waals surface area (Å²) < 4.78 is 5.17. The number of nitrogens with zero attached hydrogens (tertiary/aromatic N) is 1. The summed E-state index contributed by atoms with van der Waals surface area (Å²) in [4.78, 5) is 39.7. The molecule has 1 heterocycles. The molecule has 0 aliphatic carbocycles. The second kappa shape index (κ2) is 7.22. The highest BCUT2D eigenvalue weighted by atomic mass is 32.1. The molecule has 2 rings (SSSR count). The molecule has 0 aliphatic rings. The molecule has 0 bridgehead atoms. The number of amides is 2. The number of primary amides is 1. The van der Waals surface area contributed by atoms with Crippen LogP contribution in [-0.4, -0.2) is 28.9 Å². The lowest BCUT2D eigenvalue weighted by molar-refractivity contribution is -0.123. The molecule has 0 radical (unpaired) electrons. The summed E-state index contributed by atoms with van der Waals surface area (Å²) in [5.41, 5.74) is 6.54. The Bertz CT molecular complexity index is 783. The van der Waals surface area contributed by atoms with Gasteiger partial charge in [0, 0.05) is 11.3 Å². The van der Waals surface area contributed by atoms with Crippen molar-refractivity contribution in [1.29, 1.82) is 0 Å².